The van der Waals surface area contributed by atoms with Gasteiger partial charge in [-0.1, -0.05) is 12.1 Å². The van der Waals surface area contributed by atoms with Crippen LogP contribution in [0.5, 0.6) is 0 Å². The number of nitrogens with one attached hydrogen (secondary N) is 1. The van der Waals surface area contributed by atoms with E-state index in [9.17, 15) is 31.2 Å². The smallest absolute Gasteiger partial charge is 0.418 e. The second kappa shape index (κ2) is 7.69. The topological polar surface area (TPSA) is 92.8 Å². The van der Waals surface area contributed by atoms with Gasteiger partial charge in [0.25, 0.3) is 5.91 Å². The van der Waals surface area contributed by atoms with Gasteiger partial charge in [0, 0.05) is 31.5 Å². The van der Waals surface area contributed by atoms with Gasteiger partial charge in [-0.25, -0.2) is 17.5 Å². The third-order valence-corrected chi connectivity index (χ3v) is 7.30. The number of hydrogen-bond donors (Lipinski definition) is 1. The molecule has 0 radical (unpaired) electrons. The number of para-hydroxylation sites is 1. The van der Waals surface area contributed by atoms with Crippen LogP contribution in [0, 0.1) is 0 Å². The number of sulfonamides is 1. The van der Waals surface area contributed by atoms with E-state index in [0.29, 0.717) is 0 Å². The minimum absolute atomic E-state index is 0.00351. The second-order valence-corrected chi connectivity index (χ2v) is 9.44. The van der Waals surface area contributed by atoms with E-state index in [1.165, 1.54) is 30.3 Å². The number of anilines is 1. The normalized spacial score (nSPS) is 19.8. The molecule has 1 aromatic rings. The molecular weight excluding hydrogens is 425 g/mol. The van der Waals surface area contributed by atoms with Crippen LogP contribution in [0.3, 0.4) is 0 Å². The largest absolute Gasteiger partial charge is 0.450 e. The minimum Gasteiger partial charge on any atom is -0.450 e. The summed E-state index contributed by atoms with van der Waals surface area (Å²) in [4.78, 5) is 25.2. The Kier molecular flexibility index (Phi) is 5.72. The van der Waals surface area contributed by atoms with Crippen molar-refractivity contribution in [1.29, 1.82) is 0 Å². The Morgan fingerprint density at radius 1 is 1.23 bits per heavy atom. The number of piperidine rings is 1. The SMILES string of the molecule is CCS(=O)(=O)N1CCC2(CC1)OC(=O)C(C)=C2C(=O)Nc1ccccc1C(F)(F)F. The number of benzene rings is 1. The molecule has 164 valence electrons. The zero-order chi connectivity index (χ0) is 22.3. The molecule has 2 aliphatic heterocycles. The van der Waals surface area contributed by atoms with E-state index in [2.05, 4.69) is 5.32 Å². The van der Waals surface area contributed by atoms with Crippen LogP contribution in [0.25, 0.3) is 0 Å². The fourth-order valence-electron chi connectivity index (χ4n) is 3.81. The highest BCUT2D eigenvalue weighted by Crippen LogP contribution is 2.42. The van der Waals surface area contributed by atoms with E-state index in [-0.39, 0.29) is 42.8 Å². The standard InChI is InChI=1S/C19H21F3N2O5S/c1-3-30(27,28)24-10-8-18(9-11-24)15(12(2)17(26)29-18)16(25)23-14-7-5-4-6-13(14)19(20,21)22/h4-7H,3,8-11H2,1-2H3,(H,23,25). The summed E-state index contributed by atoms with van der Waals surface area (Å²) in [5.74, 6) is -1.70. The molecule has 1 spiro atoms. The maximum atomic E-state index is 13.2. The zero-order valence-electron chi connectivity index (χ0n) is 16.4. The van der Waals surface area contributed by atoms with E-state index >= 15 is 0 Å². The molecule has 0 saturated carbocycles. The van der Waals surface area contributed by atoms with Crippen molar-refractivity contribution in [3.05, 3.63) is 41.0 Å². The van der Waals surface area contributed by atoms with Gasteiger partial charge in [0.2, 0.25) is 10.0 Å². The molecule has 11 heteroatoms. The van der Waals surface area contributed by atoms with Crippen molar-refractivity contribution in [2.24, 2.45) is 0 Å². The summed E-state index contributed by atoms with van der Waals surface area (Å²) in [5.41, 5.74) is -2.87. The molecule has 30 heavy (non-hydrogen) atoms. The molecule has 1 saturated heterocycles. The van der Waals surface area contributed by atoms with E-state index in [4.69, 9.17) is 4.74 Å². The van der Waals surface area contributed by atoms with Crippen molar-refractivity contribution in [1.82, 2.24) is 4.31 Å². The van der Waals surface area contributed by atoms with Gasteiger partial charge < -0.3 is 10.1 Å². The van der Waals surface area contributed by atoms with Gasteiger partial charge in [-0.15, -0.1) is 0 Å². The first-order valence-corrected chi connectivity index (χ1v) is 10.9. The lowest BCUT2D eigenvalue weighted by molar-refractivity contribution is -0.149. The highest BCUT2D eigenvalue weighted by molar-refractivity contribution is 7.89. The van der Waals surface area contributed by atoms with Crippen LogP contribution in [-0.2, 0) is 30.5 Å². The lowest BCUT2D eigenvalue weighted by Gasteiger charge is -2.38. The first-order valence-electron chi connectivity index (χ1n) is 9.31. The molecule has 0 bridgehead atoms. The quantitative estimate of drug-likeness (QED) is 0.718. The number of carbonyl (C=O) groups excluding carboxylic acids is 2. The molecule has 3 rings (SSSR count). The summed E-state index contributed by atoms with van der Waals surface area (Å²) in [6.07, 6.45) is -4.59. The molecule has 1 fully saturated rings. The molecule has 7 nitrogen and oxygen atoms in total. The second-order valence-electron chi connectivity index (χ2n) is 7.18. The van der Waals surface area contributed by atoms with Gasteiger partial charge in [0.15, 0.2) is 0 Å². The molecule has 0 aromatic heterocycles. The number of carbonyl (C=O) groups is 2. The molecule has 1 aromatic carbocycles. The zero-order valence-corrected chi connectivity index (χ0v) is 17.2. The molecule has 2 aliphatic rings. The fraction of sp³-hybridized carbons (Fsp3) is 0.474. The van der Waals surface area contributed by atoms with Crippen LogP contribution in [0.4, 0.5) is 18.9 Å². The van der Waals surface area contributed by atoms with Crippen LogP contribution in [0.1, 0.15) is 32.3 Å². The molecule has 0 atom stereocenters. The van der Waals surface area contributed by atoms with E-state index in [1.807, 2.05) is 0 Å². The van der Waals surface area contributed by atoms with Crippen molar-refractivity contribution in [2.45, 2.75) is 38.5 Å². The third kappa shape index (κ3) is 3.95. The summed E-state index contributed by atoms with van der Waals surface area (Å²) in [5, 5.41) is 2.25. The van der Waals surface area contributed by atoms with Crippen LogP contribution < -0.4 is 5.32 Å². The predicted molar refractivity (Wildman–Crippen MR) is 102 cm³/mol. The Hall–Kier alpha value is -2.40. The van der Waals surface area contributed by atoms with Crippen molar-refractivity contribution in [3.8, 4) is 0 Å². The fourth-order valence-corrected chi connectivity index (χ4v) is 4.91. The van der Waals surface area contributed by atoms with E-state index in [1.54, 1.807) is 0 Å². The summed E-state index contributed by atoms with van der Waals surface area (Å²) in [6, 6.07) is 4.53. The van der Waals surface area contributed by atoms with Gasteiger partial charge in [-0.05, 0) is 26.0 Å². The van der Waals surface area contributed by atoms with Gasteiger partial charge in [-0.2, -0.15) is 13.2 Å². The molecule has 0 aliphatic carbocycles. The number of hydrogen-bond acceptors (Lipinski definition) is 5. The maximum Gasteiger partial charge on any atom is 0.418 e. The number of ether oxygens (including phenoxy) is 1. The van der Waals surface area contributed by atoms with E-state index < -0.39 is 44.9 Å². The third-order valence-electron chi connectivity index (χ3n) is 5.42. The van der Waals surface area contributed by atoms with Crippen LogP contribution in [-0.4, -0.2) is 49.0 Å². The Labute approximate surface area is 171 Å². The monoisotopic (exact) mass is 446 g/mol. The summed E-state index contributed by atoms with van der Waals surface area (Å²) >= 11 is 0. The number of esters is 1. The highest BCUT2D eigenvalue weighted by atomic mass is 32.2. The maximum absolute atomic E-state index is 13.2. The summed E-state index contributed by atoms with van der Waals surface area (Å²) in [6.45, 7) is 2.95. The van der Waals surface area contributed by atoms with Crippen molar-refractivity contribution >= 4 is 27.6 Å². The molecule has 1 amide bonds. The molecule has 0 unspecified atom stereocenters. The predicted octanol–water partition coefficient (Wildman–Crippen LogP) is 2.70. The minimum atomic E-state index is -4.67. The average Bonchev–Trinajstić information content (AvgIpc) is 2.91. The van der Waals surface area contributed by atoms with Crippen molar-refractivity contribution < 1.29 is 35.9 Å². The molecular formula is C19H21F3N2O5S. The Morgan fingerprint density at radius 3 is 2.40 bits per heavy atom. The van der Waals surface area contributed by atoms with Crippen molar-refractivity contribution in [2.75, 3.05) is 24.2 Å². The first-order chi connectivity index (χ1) is 13.9. The number of nitrogens with zero attached hydrogens (tertiary/aromatic N) is 1. The van der Waals surface area contributed by atoms with Crippen LogP contribution in [0.2, 0.25) is 0 Å². The number of rotatable bonds is 4. The number of alkyl halides is 3. The first kappa shape index (κ1) is 22.3. The van der Waals surface area contributed by atoms with Crippen molar-refractivity contribution in [3.63, 3.8) is 0 Å². The van der Waals surface area contributed by atoms with Gasteiger partial charge in [0.1, 0.15) is 5.60 Å². The summed E-state index contributed by atoms with van der Waals surface area (Å²) in [7, 11) is -3.45. The van der Waals surface area contributed by atoms with Crippen LogP contribution >= 0.6 is 0 Å². The molecule has 2 heterocycles. The molecule has 1 N–H and O–H groups in total. The summed E-state index contributed by atoms with van der Waals surface area (Å²) < 4.78 is 70.6. The lowest BCUT2D eigenvalue weighted by atomic mass is 9.83. The highest BCUT2D eigenvalue weighted by Gasteiger charge is 2.52. The van der Waals surface area contributed by atoms with Gasteiger partial charge >= 0.3 is 12.1 Å². The number of halogens is 3. The lowest BCUT2D eigenvalue weighted by Crippen LogP contribution is -2.49. The Balaban J connectivity index is 1.89. The van der Waals surface area contributed by atoms with Crippen LogP contribution in [0.15, 0.2) is 35.4 Å². The average molecular weight is 446 g/mol. The Bertz CT molecular complexity index is 1010. The van der Waals surface area contributed by atoms with Gasteiger partial charge in [-0.3, -0.25) is 4.79 Å². The Morgan fingerprint density at radius 2 is 1.83 bits per heavy atom. The number of amides is 1. The van der Waals surface area contributed by atoms with Gasteiger partial charge in [0.05, 0.1) is 22.6 Å². The van der Waals surface area contributed by atoms with E-state index in [0.717, 1.165) is 12.1 Å².